The standard InChI is InChI=1S/C25H35N3O3.HI/c1-5-30-23-15-19(10-13-22(23)29-4)16-27-25(26-3)28-17-21-7-6-14-31-24(21)20-11-8-18(2)9-12-20;/h8-13,15,21,24H,5-7,14,16-17H2,1-4H3,(H2,26,27,28);1H. The van der Waals surface area contributed by atoms with Crippen molar-refractivity contribution >= 4 is 29.9 Å². The zero-order valence-electron chi connectivity index (χ0n) is 19.5. The fourth-order valence-electron chi connectivity index (χ4n) is 3.91. The first-order valence-corrected chi connectivity index (χ1v) is 11.1. The molecule has 2 unspecified atom stereocenters. The van der Waals surface area contributed by atoms with E-state index in [1.807, 2.05) is 25.1 Å². The van der Waals surface area contributed by atoms with Crippen molar-refractivity contribution in [1.82, 2.24) is 10.6 Å². The van der Waals surface area contributed by atoms with Crippen LogP contribution in [0.15, 0.2) is 47.5 Å². The number of rotatable bonds is 8. The number of nitrogens with zero attached hydrogens (tertiary/aromatic N) is 1. The first-order chi connectivity index (χ1) is 15.1. The molecule has 1 aliphatic heterocycles. The van der Waals surface area contributed by atoms with E-state index in [2.05, 4.69) is 46.8 Å². The van der Waals surface area contributed by atoms with E-state index in [0.717, 1.165) is 49.0 Å². The van der Waals surface area contributed by atoms with Crippen molar-refractivity contribution in [3.63, 3.8) is 0 Å². The Hall–Kier alpha value is -2.00. The number of halogens is 1. The lowest BCUT2D eigenvalue weighted by Crippen LogP contribution is -2.41. The van der Waals surface area contributed by atoms with Gasteiger partial charge in [0.05, 0.1) is 19.8 Å². The van der Waals surface area contributed by atoms with Crippen molar-refractivity contribution in [2.24, 2.45) is 10.9 Å². The van der Waals surface area contributed by atoms with Gasteiger partial charge in [0.1, 0.15) is 0 Å². The summed E-state index contributed by atoms with van der Waals surface area (Å²) in [5.74, 6) is 2.68. The Bertz CT molecular complexity index is 858. The predicted molar refractivity (Wildman–Crippen MR) is 140 cm³/mol. The Morgan fingerprint density at radius 1 is 1.12 bits per heavy atom. The third-order valence-electron chi connectivity index (χ3n) is 5.59. The summed E-state index contributed by atoms with van der Waals surface area (Å²) < 4.78 is 17.2. The minimum atomic E-state index is 0. The molecule has 0 saturated carbocycles. The molecule has 0 radical (unpaired) electrons. The second-order valence-electron chi connectivity index (χ2n) is 7.83. The monoisotopic (exact) mass is 553 g/mol. The quantitative estimate of drug-likeness (QED) is 0.278. The summed E-state index contributed by atoms with van der Waals surface area (Å²) in [5, 5.41) is 6.88. The zero-order chi connectivity index (χ0) is 22.1. The molecule has 1 heterocycles. The number of hydrogen-bond acceptors (Lipinski definition) is 4. The number of methoxy groups -OCH3 is 1. The lowest BCUT2D eigenvalue weighted by Gasteiger charge is -2.32. The maximum Gasteiger partial charge on any atom is 0.191 e. The number of aliphatic imine (C=N–C) groups is 1. The zero-order valence-corrected chi connectivity index (χ0v) is 21.8. The third-order valence-corrected chi connectivity index (χ3v) is 5.59. The van der Waals surface area contributed by atoms with Crippen molar-refractivity contribution in [2.75, 3.05) is 33.9 Å². The van der Waals surface area contributed by atoms with E-state index in [4.69, 9.17) is 14.2 Å². The first kappa shape index (κ1) is 26.3. The average molecular weight is 553 g/mol. The van der Waals surface area contributed by atoms with Crippen LogP contribution in [0.1, 0.15) is 42.6 Å². The summed E-state index contributed by atoms with van der Waals surface area (Å²) in [6.07, 6.45) is 2.35. The first-order valence-electron chi connectivity index (χ1n) is 11.1. The Labute approximate surface area is 209 Å². The SMILES string of the molecule is CCOc1cc(CNC(=NC)NCC2CCCOC2c2ccc(C)cc2)ccc1OC.I. The van der Waals surface area contributed by atoms with E-state index in [-0.39, 0.29) is 30.1 Å². The van der Waals surface area contributed by atoms with Crippen LogP contribution >= 0.6 is 24.0 Å². The Morgan fingerprint density at radius 2 is 1.91 bits per heavy atom. The number of aryl methyl sites for hydroxylation is 1. The molecule has 176 valence electrons. The summed E-state index contributed by atoms with van der Waals surface area (Å²) >= 11 is 0. The summed E-state index contributed by atoms with van der Waals surface area (Å²) in [7, 11) is 3.45. The summed E-state index contributed by atoms with van der Waals surface area (Å²) in [4.78, 5) is 4.39. The van der Waals surface area contributed by atoms with E-state index >= 15 is 0 Å². The smallest absolute Gasteiger partial charge is 0.191 e. The maximum absolute atomic E-state index is 6.14. The minimum Gasteiger partial charge on any atom is -0.493 e. The highest BCUT2D eigenvalue weighted by molar-refractivity contribution is 14.0. The highest BCUT2D eigenvalue weighted by Gasteiger charge is 2.27. The molecule has 3 rings (SSSR count). The predicted octanol–water partition coefficient (Wildman–Crippen LogP) is 4.85. The molecule has 6 nitrogen and oxygen atoms in total. The molecular formula is C25H36IN3O3. The summed E-state index contributed by atoms with van der Waals surface area (Å²) in [6, 6.07) is 14.7. The molecule has 0 aliphatic carbocycles. The number of benzene rings is 2. The van der Waals surface area contributed by atoms with Crippen molar-refractivity contribution < 1.29 is 14.2 Å². The van der Waals surface area contributed by atoms with Crippen LogP contribution in [0, 0.1) is 12.8 Å². The molecule has 0 spiro atoms. The van der Waals surface area contributed by atoms with Crippen molar-refractivity contribution in [1.29, 1.82) is 0 Å². The van der Waals surface area contributed by atoms with Crippen LogP contribution in [0.5, 0.6) is 11.5 Å². The third kappa shape index (κ3) is 7.27. The molecule has 1 saturated heterocycles. The van der Waals surface area contributed by atoms with Crippen LogP contribution in [0.2, 0.25) is 0 Å². The molecule has 0 aromatic heterocycles. The molecule has 2 aromatic carbocycles. The van der Waals surface area contributed by atoms with Gasteiger partial charge in [0.25, 0.3) is 0 Å². The minimum absolute atomic E-state index is 0. The van der Waals surface area contributed by atoms with Gasteiger partial charge in [-0.3, -0.25) is 4.99 Å². The molecular weight excluding hydrogens is 517 g/mol. The van der Waals surface area contributed by atoms with Crippen LogP contribution < -0.4 is 20.1 Å². The van der Waals surface area contributed by atoms with Gasteiger partial charge in [0.2, 0.25) is 0 Å². The van der Waals surface area contributed by atoms with Crippen molar-refractivity contribution in [3.05, 3.63) is 59.2 Å². The molecule has 1 fully saturated rings. The molecule has 2 N–H and O–H groups in total. The fraction of sp³-hybridized carbons (Fsp3) is 0.480. The van der Waals surface area contributed by atoms with Crippen LogP contribution in [-0.2, 0) is 11.3 Å². The topological polar surface area (TPSA) is 64.1 Å². The van der Waals surface area contributed by atoms with Gasteiger partial charge in [-0.25, -0.2) is 0 Å². The molecule has 32 heavy (non-hydrogen) atoms. The van der Waals surface area contributed by atoms with Gasteiger partial charge in [-0.2, -0.15) is 0 Å². The molecule has 0 amide bonds. The van der Waals surface area contributed by atoms with E-state index in [0.29, 0.717) is 19.1 Å². The molecule has 2 atom stereocenters. The van der Waals surface area contributed by atoms with Gasteiger partial charge in [0, 0.05) is 32.7 Å². The van der Waals surface area contributed by atoms with Crippen molar-refractivity contribution in [3.8, 4) is 11.5 Å². The lowest BCUT2D eigenvalue weighted by atomic mass is 9.89. The van der Waals surface area contributed by atoms with E-state index < -0.39 is 0 Å². The molecule has 7 heteroatoms. The molecule has 2 aromatic rings. The number of hydrogen-bond donors (Lipinski definition) is 2. The lowest BCUT2D eigenvalue weighted by molar-refractivity contribution is -0.0265. The van der Waals surface area contributed by atoms with Crippen LogP contribution in [0.4, 0.5) is 0 Å². The second kappa shape index (κ2) is 13.5. The van der Waals surface area contributed by atoms with Gasteiger partial charge in [0.15, 0.2) is 17.5 Å². The van der Waals surface area contributed by atoms with Gasteiger partial charge < -0.3 is 24.8 Å². The number of ether oxygens (including phenoxy) is 3. The highest BCUT2D eigenvalue weighted by atomic mass is 127. The second-order valence-corrected chi connectivity index (χ2v) is 7.83. The average Bonchev–Trinajstić information content (AvgIpc) is 2.80. The highest BCUT2D eigenvalue weighted by Crippen LogP contribution is 2.33. The van der Waals surface area contributed by atoms with Gasteiger partial charge >= 0.3 is 0 Å². The molecule has 0 bridgehead atoms. The van der Waals surface area contributed by atoms with E-state index in [1.54, 1.807) is 14.2 Å². The van der Waals surface area contributed by atoms with Crippen LogP contribution in [-0.4, -0.2) is 39.9 Å². The van der Waals surface area contributed by atoms with Gasteiger partial charge in [-0.05, 0) is 49.9 Å². The normalized spacial score (nSPS) is 18.4. The van der Waals surface area contributed by atoms with Crippen LogP contribution in [0.3, 0.4) is 0 Å². The van der Waals surface area contributed by atoms with E-state index in [9.17, 15) is 0 Å². The van der Waals surface area contributed by atoms with Gasteiger partial charge in [-0.15, -0.1) is 24.0 Å². The van der Waals surface area contributed by atoms with E-state index in [1.165, 1.54) is 11.1 Å². The van der Waals surface area contributed by atoms with Gasteiger partial charge in [-0.1, -0.05) is 35.9 Å². The Morgan fingerprint density at radius 3 is 2.59 bits per heavy atom. The molecule has 1 aliphatic rings. The fourth-order valence-corrected chi connectivity index (χ4v) is 3.91. The largest absolute Gasteiger partial charge is 0.493 e. The van der Waals surface area contributed by atoms with Crippen LogP contribution in [0.25, 0.3) is 0 Å². The number of guanidine groups is 1. The number of nitrogens with one attached hydrogen (secondary N) is 2. The maximum atomic E-state index is 6.14. The Kier molecular flexibility index (Phi) is 11.1. The Balaban J connectivity index is 0.00000363. The summed E-state index contributed by atoms with van der Waals surface area (Å²) in [5.41, 5.74) is 3.62. The summed E-state index contributed by atoms with van der Waals surface area (Å²) in [6.45, 7) is 6.95. The van der Waals surface area contributed by atoms with Crippen molar-refractivity contribution in [2.45, 2.75) is 39.3 Å².